The van der Waals surface area contributed by atoms with Crippen LogP contribution in [0.1, 0.15) is 29.8 Å². The Morgan fingerprint density at radius 2 is 2.17 bits per heavy atom. The number of carbonyl (C=O) groups is 1. The Kier molecular flexibility index (Phi) is 4.68. The summed E-state index contributed by atoms with van der Waals surface area (Å²) < 4.78 is 7.31. The van der Waals surface area contributed by atoms with Crippen molar-refractivity contribution in [2.45, 2.75) is 32.5 Å². The summed E-state index contributed by atoms with van der Waals surface area (Å²) >= 11 is 6.17. The van der Waals surface area contributed by atoms with Crippen molar-refractivity contribution >= 4 is 17.5 Å². The highest BCUT2D eigenvalue weighted by Gasteiger charge is 2.28. The van der Waals surface area contributed by atoms with E-state index in [1.54, 1.807) is 17.1 Å². The molecule has 1 aliphatic rings. The van der Waals surface area contributed by atoms with Gasteiger partial charge in [-0.2, -0.15) is 5.10 Å². The molecule has 0 aliphatic carbocycles. The average molecular weight is 334 g/mol. The average Bonchev–Trinajstić information content (AvgIpc) is 3.00. The van der Waals surface area contributed by atoms with Crippen molar-refractivity contribution in [3.05, 3.63) is 52.8 Å². The lowest BCUT2D eigenvalue weighted by molar-refractivity contribution is -0.0387. The summed E-state index contributed by atoms with van der Waals surface area (Å²) in [5.74, 6) is -0.00180. The first-order valence-corrected chi connectivity index (χ1v) is 8.11. The normalized spacial score (nSPS) is 21.4. The van der Waals surface area contributed by atoms with Gasteiger partial charge in [0.1, 0.15) is 0 Å². The van der Waals surface area contributed by atoms with Gasteiger partial charge < -0.3 is 9.64 Å². The predicted molar refractivity (Wildman–Crippen MR) is 88.7 cm³/mol. The van der Waals surface area contributed by atoms with Crippen LogP contribution in [0.5, 0.6) is 0 Å². The predicted octanol–water partition coefficient (Wildman–Crippen LogP) is 2.83. The number of hydrogen-bond donors (Lipinski definition) is 0. The van der Waals surface area contributed by atoms with Gasteiger partial charge in [0.05, 0.1) is 37.1 Å². The molecular formula is C17H20ClN3O2. The molecule has 3 rings (SSSR count). The van der Waals surface area contributed by atoms with Gasteiger partial charge in [-0.1, -0.05) is 29.8 Å². The van der Waals surface area contributed by atoms with Crippen molar-refractivity contribution in [3.8, 4) is 0 Å². The number of rotatable bonds is 3. The highest BCUT2D eigenvalue weighted by atomic mass is 35.5. The van der Waals surface area contributed by atoms with Gasteiger partial charge in [0.15, 0.2) is 0 Å². The Hall–Kier alpha value is -1.85. The summed E-state index contributed by atoms with van der Waals surface area (Å²) in [6.07, 6.45) is 3.46. The third-order valence-corrected chi connectivity index (χ3v) is 4.41. The minimum atomic E-state index is -0.00180. The zero-order valence-corrected chi connectivity index (χ0v) is 14.0. The molecule has 1 fully saturated rings. The van der Waals surface area contributed by atoms with Crippen LogP contribution in [0.3, 0.4) is 0 Å². The molecule has 0 unspecified atom stereocenters. The number of benzene rings is 1. The van der Waals surface area contributed by atoms with Crippen LogP contribution in [0.25, 0.3) is 0 Å². The number of ether oxygens (including phenoxy) is 1. The molecule has 23 heavy (non-hydrogen) atoms. The molecular weight excluding hydrogens is 314 g/mol. The molecule has 0 N–H and O–H groups in total. The van der Waals surface area contributed by atoms with Crippen LogP contribution in [-0.4, -0.2) is 45.9 Å². The third-order valence-electron chi connectivity index (χ3n) is 4.04. The quantitative estimate of drug-likeness (QED) is 0.867. The molecule has 0 radical (unpaired) electrons. The Morgan fingerprint density at radius 3 is 2.96 bits per heavy atom. The van der Waals surface area contributed by atoms with Crippen molar-refractivity contribution in [2.24, 2.45) is 0 Å². The van der Waals surface area contributed by atoms with Gasteiger partial charge in [0.2, 0.25) is 0 Å². The van der Waals surface area contributed by atoms with Crippen LogP contribution >= 0.6 is 11.6 Å². The van der Waals surface area contributed by atoms with Crippen molar-refractivity contribution in [2.75, 3.05) is 13.2 Å². The molecule has 1 saturated heterocycles. The van der Waals surface area contributed by atoms with E-state index < -0.39 is 0 Å². The van der Waals surface area contributed by atoms with E-state index in [0.29, 0.717) is 30.3 Å². The Balaban J connectivity index is 1.74. The zero-order valence-electron chi connectivity index (χ0n) is 13.3. The molecule has 5 nitrogen and oxygen atoms in total. The SMILES string of the molecule is C[C@@H]1CO[C@@H](C)CN1C(=O)c1cnn(Cc2ccccc2Cl)c1. The second-order valence-electron chi connectivity index (χ2n) is 5.97. The Morgan fingerprint density at radius 1 is 1.39 bits per heavy atom. The largest absolute Gasteiger partial charge is 0.375 e. The minimum Gasteiger partial charge on any atom is -0.375 e. The number of aromatic nitrogens is 2. The fourth-order valence-corrected chi connectivity index (χ4v) is 2.91. The summed E-state index contributed by atoms with van der Waals surface area (Å²) in [4.78, 5) is 14.5. The first-order chi connectivity index (χ1) is 11.0. The van der Waals surface area contributed by atoms with E-state index in [2.05, 4.69) is 5.10 Å². The van der Waals surface area contributed by atoms with E-state index in [-0.39, 0.29) is 18.1 Å². The van der Waals surface area contributed by atoms with E-state index >= 15 is 0 Å². The second kappa shape index (κ2) is 6.72. The van der Waals surface area contributed by atoms with E-state index in [4.69, 9.17) is 16.3 Å². The standard InChI is InChI=1S/C17H20ClN3O2/c1-12-11-23-13(2)8-21(12)17(22)15-7-19-20(10-15)9-14-5-3-4-6-16(14)18/h3-7,10,12-13H,8-9,11H2,1-2H3/t12-,13+/m1/s1. The Bertz CT molecular complexity index is 701. The third kappa shape index (κ3) is 3.57. The number of amides is 1. The number of morpholine rings is 1. The highest BCUT2D eigenvalue weighted by molar-refractivity contribution is 6.31. The van der Waals surface area contributed by atoms with Crippen molar-refractivity contribution in [1.82, 2.24) is 14.7 Å². The van der Waals surface area contributed by atoms with Crippen LogP contribution in [-0.2, 0) is 11.3 Å². The fourth-order valence-electron chi connectivity index (χ4n) is 2.71. The van der Waals surface area contributed by atoms with E-state index in [9.17, 15) is 4.79 Å². The summed E-state index contributed by atoms with van der Waals surface area (Å²) in [6.45, 7) is 5.70. The molecule has 122 valence electrons. The molecule has 2 aromatic rings. The van der Waals surface area contributed by atoms with Crippen LogP contribution in [0.2, 0.25) is 5.02 Å². The monoisotopic (exact) mass is 333 g/mol. The zero-order chi connectivity index (χ0) is 16.4. The molecule has 1 amide bonds. The van der Waals surface area contributed by atoms with Gasteiger partial charge in [-0.3, -0.25) is 9.48 Å². The highest BCUT2D eigenvalue weighted by Crippen LogP contribution is 2.18. The maximum atomic E-state index is 12.7. The minimum absolute atomic E-state index is 0.00180. The van der Waals surface area contributed by atoms with Crippen LogP contribution < -0.4 is 0 Å². The maximum absolute atomic E-state index is 12.7. The van der Waals surface area contributed by atoms with Gasteiger partial charge in [-0.05, 0) is 25.5 Å². The molecule has 6 heteroatoms. The van der Waals surface area contributed by atoms with E-state index in [1.807, 2.05) is 43.0 Å². The van der Waals surface area contributed by atoms with Gasteiger partial charge in [0, 0.05) is 17.8 Å². The van der Waals surface area contributed by atoms with Crippen molar-refractivity contribution < 1.29 is 9.53 Å². The van der Waals surface area contributed by atoms with E-state index in [1.165, 1.54) is 0 Å². The maximum Gasteiger partial charge on any atom is 0.257 e. The fraction of sp³-hybridized carbons (Fsp3) is 0.412. The number of halogens is 1. The molecule has 2 heterocycles. The van der Waals surface area contributed by atoms with Crippen LogP contribution in [0.15, 0.2) is 36.7 Å². The van der Waals surface area contributed by atoms with Gasteiger partial charge in [-0.25, -0.2) is 0 Å². The van der Waals surface area contributed by atoms with Crippen molar-refractivity contribution in [1.29, 1.82) is 0 Å². The van der Waals surface area contributed by atoms with Crippen LogP contribution in [0.4, 0.5) is 0 Å². The molecule has 1 aliphatic heterocycles. The lowest BCUT2D eigenvalue weighted by Gasteiger charge is -2.36. The van der Waals surface area contributed by atoms with Gasteiger partial charge in [-0.15, -0.1) is 0 Å². The first-order valence-electron chi connectivity index (χ1n) is 7.73. The summed E-state index contributed by atoms with van der Waals surface area (Å²) in [6, 6.07) is 7.71. The van der Waals surface area contributed by atoms with Crippen LogP contribution in [0, 0.1) is 0 Å². The molecule has 0 saturated carbocycles. The Labute approximate surface area is 140 Å². The van der Waals surface area contributed by atoms with Crippen molar-refractivity contribution in [3.63, 3.8) is 0 Å². The lowest BCUT2D eigenvalue weighted by atomic mass is 10.1. The molecule has 0 spiro atoms. The second-order valence-corrected chi connectivity index (χ2v) is 6.38. The van der Waals surface area contributed by atoms with Gasteiger partial charge >= 0.3 is 0 Å². The summed E-state index contributed by atoms with van der Waals surface area (Å²) in [7, 11) is 0. The van der Waals surface area contributed by atoms with E-state index in [0.717, 1.165) is 5.56 Å². The summed E-state index contributed by atoms with van der Waals surface area (Å²) in [5.41, 5.74) is 1.57. The lowest BCUT2D eigenvalue weighted by Crippen LogP contribution is -2.50. The number of hydrogen-bond acceptors (Lipinski definition) is 3. The number of carbonyl (C=O) groups excluding carboxylic acids is 1. The molecule has 1 aromatic heterocycles. The first kappa shape index (κ1) is 16.0. The summed E-state index contributed by atoms with van der Waals surface area (Å²) in [5, 5.41) is 4.99. The topological polar surface area (TPSA) is 47.4 Å². The molecule has 0 bridgehead atoms. The molecule has 2 atom stereocenters. The molecule has 1 aromatic carbocycles. The van der Waals surface area contributed by atoms with Gasteiger partial charge in [0.25, 0.3) is 5.91 Å². The smallest absolute Gasteiger partial charge is 0.257 e. The number of nitrogens with zero attached hydrogens (tertiary/aromatic N) is 3.